The predicted octanol–water partition coefficient (Wildman–Crippen LogP) is 2.33. The standard InChI is InChI=1S/C19H29N7O2.C5H4FNO/c1-13(2)17-23-19(28-24-17)25-6-3-14(4-7-25)12-27-16-9-21-18(22-10-16)26-8-5-15(20)11-26;6-4-1-2-5(8)7-3-4/h9-10,13-15H,3-8,11-12,20H2,1-2H3;1-3H,(H,7,8). The van der Waals surface area contributed by atoms with Gasteiger partial charge < -0.3 is 29.8 Å². The maximum Gasteiger partial charge on any atom is 0.324 e. The van der Waals surface area contributed by atoms with Gasteiger partial charge in [-0.15, -0.1) is 0 Å². The van der Waals surface area contributed by atoms with E-state index in [4.69, 9.17) is 15.0 Å². The van der Waals surface area contributed by atoms with Crippen LogP contribution >= 0.6 is 0 Å². The first-order valence-electron chi connectivity index (χ1n) is 12.3. The molecule has 1 unspecified atom stereocenters. The van der Waals surface area contributed by atoms with Gasteiger partial charge in [-0.3, -0.25) is 4.79 Å². The van der Waals surface area contributed by atoms with Crippen LogP contribution < -0.4 is 25.8 Å². The van der Waals surface area contributed by atoms with Crippen LogP contribution in [0.1, 0.15) is 44.9 Å². The highest BCUT2D eigenvalue weighted by molar-refractivity contribution is 5.33. The molecule has 5 rings (SSSR count). The maximum atomic E-state index is 11.9. The van der Waals surface area contributed by atoms with Gasteiger partial charge in [0.2, 0.25) is 11.5 Å². The van der Waals surface area contributed by atoms with E-state index in [1.165, 1.54) is 0 Å². The molecular weight excluding hydrogens is 467 g/mol. The topological polar surface area (TPSA) is 139 Å². The monoisotopic (exact) mass is 500 g/mol. The molecule has 0 radical (unpaired) electrons. The number of nitrogens with zero attached hydrogens (tertiary/aromatic N) is 6. The summed E-state index contributed by atoms with van der Waals surface area (Å²) >= 11 is 0. The number of ether oxygens (including phenoxy) is 1. The van der Waals surface area contributed by atoms with E-state index in [-0.39, 0.29) is 17.5 Å². The molecule has 1 atom stereocenters. The summed E-state index contributed by atoms with van der Waals surface area (Å²) in [7, 11) is 0. The van der Waals surface area contributed by atoms with Crippen molar-refractivity contribution in [2.75, 3.05) is 42.6 Å². The van der Waals surface area contributed by atoms with Crippen LogP contribution in [-0.2, 0) is 0 Å². The number of halogens is 1. The molecule has 0 saturated carbocycles. The van der Waals surface area contributed by atoms with Gasteiger partial charge in [0.15, 0.2) is 11.6 Å². The lowest BCUT2D eigenvalue weighted by Gasteiger charge is -2.30. The average molecular weight is 501 g/mol. The molecule has 2 fully saturated rings. The number of rotatable bonds is 6. The summed E-state index contributed by atoms with van der Waals surface area (Å²) in [5.41, 5.74) is 5.66. The Kier molecular flexibility index (Phi) is 8.47. The molecule has 36 heavy (non-hydrogen) atoms. The Morgan fingerprint density at radius 2 is 1.89 bits per heavy atom. The Morgan fingerprint density at radius 1 is 1.17 bits per heavy atom. The third kappa shape index (κ3) is 7.00. The predicted molar refractivity (Wildman–Crippen MR) is 133 cm³/mol. The Morgan fingerprint density at radius 3 is 2.44 bits per heavy atom. The quantitative estimate of drug-likeness (QED) is 0.518. The summed E-state index contributed by atoms with van der Waals surface area (Å²) in [4.78, 5) is 30.0. The van der Waals surface area contributed by atoms with Crippen molar-refractivity contribution in [3.05, 3.63) is 52.7 Å². The van der Waals surface area contributed by atoms with E-state index in [0.29, 0.717) is 24.3 Å². The number of hydrogen-bond donors (Lipinski definition) is 2. The molecule has 5 heterocycles. The van der Waals surface area contributed by atoms with Crippen molar-refractivity contribution in [1.82, 2.24) is 25.1 Å². The molecular formula is C24H33FN8O3. The molecule has 194 valence electrons. The molecule has 0 aromatic carbocycles. The minimum absolute atomic E-state index is 0.217. The van der Waals surface area contributed by atoms with Gasteiger partial charge in [-0.1, -0.05) is 19.0 Å². The van der Waals surface area contributed by atoms with Crippen molar-refractivity contribution in [3.63, 3.8) is 0 Å². The van der Waals surface area contributed by atoms with Crippen LogP contribution in [0.3, 0.4) is 0 Å². The van der Waals surface area contributed by atoms with Gasteiger partial charge in [0, 0.05) is 50.4 Å². The molecule has 3 aromatic rings. The van der Waals surface area contributed by atoms with Crippen LogP contribution in [0, 0.1) is 11.7 Å². The first kappa shape index (κ1) is 25.5. The molecule has 2 saturated heterocycles. The SMILES string of the molecule is CC(C)c1noc(N2CCC(COc3cnc(N4CCC(N)C4)nc3)CC2)n1.O=c1ccc(F)c[nH]1. The molecule has 3 aromatic heterocycles. The number of nitrogens with one attached hydrogen (secondary N) is 1. The molecule has 3 N–H and O–H groups in total. The van der Waals surface area contributed by atoms with E-state index in [1.54, 1.807) is 12.4 Å². The summed E-state index contributed by atoms with van der Waals surface area (Å²) in [5.74, 6) is 2.56. The number of nitrogens with two attached hydrogens (primary N) is 1. The normalized spacial score (nSPS) is 18.3. The van der Waals surface area contributed by atoms with Gasteiger partial charge in [0.1, 0.15) is 5.82 Å². The number of piperidine rings is 1. The van der Waals surface area contributed by atoms with Gasteiger partial charge in [-0.2, -0.15) is 4.98 Å². The fraction of sp³-hybridized carbons (Fsp3) is 0.542. The van der Waals surface area contributed by atoms with Crippen molar-refractivity contribution in [1.29, 1.82) is 0 Å². The summed E-state index contributed by atoms with van der Waals surface area (Å²) in [6.07, 6.45) is 7.58. The van der Waals surface area contributed by atoms with E-state index in [1.807, 2.05) is 0 Å². The Labute approximate surface area is 208 Å². The third-order valence-corrected chi connectivity index (χ3v) is 6.19. The molecule has 0 spiro atoms. The highest BCUT2D eigenvalue weighted by Gasteiger charge is 2.24. The lowest BCUT2D eigenvalue weighted by Crippen LogP contribution is -2.35. The van der Waals surface area contributed by atoms with E-state index in [0.717, 1.165) is 75.5 Å². The van der Waals surface area contributed by atoms with Crippen LogP contribution in [-0.4, -0.2) is 63.9 Å². The Bertz CT molecular complexity index is 1120. The summed E-state index contributed by atoms with van der Waals surface area (Å²) < 4.78 is 23.2. The van der Waals surface area contributed by atoms with Crippen LogP contribution in [0.25, 0.3) is 0 Å². The number of H-pyrrole nitrogens is 1. The smallest absolute Gasteiger partial charge is 0.324 e. The largest absolute Gasteiger partial charge is 0.490 e. The van der Waals surface area contributed by atoms with E-state index in [9.17, 15) is 9.18 Å². The molecule has 2 aliphatic heterocycles. The van der Waals surface area contributed by atoms with Gasteiger partial charge >= 0.3 is 6.01 Å². The van der Waals surface area contributed by atoms with Crippen molar-refractivity contribution in [2.24, 2.45) is 11.7 Å². The van der Waals surface area contributed by atoms with Crippen LogP contribution in [0.15, 0.2) is 40.0 Å². The van der Waals surface area contributed by atoms with E-state index >= 15 is 0 Å². The average Bonchev–Trinajstić information content (AvgIpc) is 3.56. The zero-order valence-corrected chi connectivity index (χ0v) is 20.6. The Balaban J connectivity index is 0.000000325. The lowest BCUT2D eigenvalue weighted by molar-refractivity contribution is 0.219. The number of hydrogen-bond acceptors (Lipinski definition) is 10. The minimum Gasteiger partial charge on any atom is -0.490 e. The molecule has 2 aliphatic rings. The van der Waals surface area contributed by atoms with E-state index < -0.39 is 5.82 Å². The third-order valence-electron chi connectivity index (χ3n) is 6.19. The van der Waals surface area contributed by atoms with Crippen molar-refractivity contribution < 1.29 is 13.7 Å². The second-order valence-corrected chi connectivity index (χ2v) is 9.42. The fourth-order valence-electron chi connectivity index (χ4n) is 4.00. The van der Waals surface area contributed by atoms with Crippen LogP contribution in [0.2, 0.25) is 0 Å². The molecule has 0 aliphatic carbocycles. The number of pyridine rings is 1. The van der Waals surface area contributed by atoms with Gasteiger partial charge in [-0.05, 0) is 31.2 Å². The van der Waals surface area contributed by atoms with Crippen LogP contribution in [0.4, 0.5) is 16.4 Å². The second kappa shape index (κ2) is 11.9. The zero-order chi connectivity index (χ0) is 25.5. The number of anilines is 2. The lowest BCUT2D eigenvalue weighted by atomic mass is 9.98. The fourth-order valence-corrected chi connectivity index (χ4v) is 4.00. The highest BCUT2D eigenvalue weighted by Crippen LogP contribution is 2.24. The maximum absolute atomic E-state index is 11.9. The molecule has 0 amide bonds. The molecule has 12 heteroatoms. The van der Waals surface area contributed by atoms with Gasteiger partial charge in [0.25, 0.3) is 0 Å². The molecule has 0 bridgehead atoms. The van der Waals surface area contributed by atoms with Crippen molar-refractivity contribution >= 4 is 12.0 Å². The summed E-state index contributed by atoms with van der Waals surface area (Å²) in [6.45, 7) is 8.34. The van der Waals surface area contributed by atoms with Crippen molar-refractivity contribution in [2.45, 2.75) is 45.1 Å². The van der Waals surface area contributed by atoms with E-state index in [2.05, 4.69) is 48.7 Å². The first-order valence-corrected chi connectivity index (χ1v) is 12.3. The van der Waals surface area contributed by atoms with Gasteiger partial charge in [-0.25, -0.2) is 14.4 Å². The number of aromatic amines is 1. The zero-order valence-electron chi connectivity index (χ0n) is 20.6. The van der Waals surface area contributed by atoms with Gasteiger partial charge in [0.05, 0.1) is 19.0 Å². The minimum atomic E-state index is -0.426. The first-order chi connectivity index (χ1) is 17.4. The van der Waals surface area contributed by atoms with Crippen molar-refractivity contribution in [3.8, 4) is 5.75 Å². The van der Waals surface area contributed by atoms with Crippen LogP contribution in [0.5, 0.6) is 5.75 Å². The Hall–Kier alpha value is -3.54. The number of aromatic nitrogens is 5. The summed E-state index contributed by atoms with van der Waals surface area (Å²) in [5, 5.41) is 4.05. The highest BCUT2D eigenvalue weighted by atomic mass is 19.1. The second-order valence-electron chi connectivity index (χ2n) is 9.42. The molecule has 11 nitrogen and oxygen atoms in total. The summed E-state index contributed by atoms with van der Waals surface area (Å²) in [6, 6.07) is 3.09.